The fourth-order valence-corrected chi connectivity index (χ4v) is 2.34. The van der Waals surface area contributed by atoms with Crippen LogP contribution in [0.15, 0.2) is 67.0 Å². The van der Waals surface area contributed by atoms with Gasteiger partial charge in [0.25, 0.3) is 5.91 Å². The van der Waals surface area contributed by atoms with E-state index in [1.165, 1.54) is 12.4 Å². The van der Waals surface area contributed by atoms with Crippen LogP contribution >= 0.6 is 11.6 Å². The molecule has 6 nitrogen and oxygen atoms in total. The third-order valence-electron chi connectivity index (χ3n) is 3.43. The number of nitrogens with zero attached hydrogens (tertiary/aromatic N) is 2. The minimum absolute atomic E-state index is 0.265. The number of hydrogen-bond donors (Lipinski definition) is 2. The summed E-state index contributed by atoms with van der Waals surface area (Å²) >= 11 is 6.00. The van der Waals surface area contributed by atoms with Crippen molar-refractivity contribution in [2.24, 2.45) is 0 Å². The summed E-state index contributed by atoms with van der Waals surface area (Å²) in [4.78, 5) is 20.4. The molecule has 3 rings (SSSR count). The average Bonchev–Trinajstić information content (AvgIpc) is 2.68. The van der Waals surface area contributed by atoms with Crippen molar-refractivity contribution < 1.29 is 9.53 Å². The van der Waals surface area contributed by atoms with E-state index in [4.69, 9.17) is 16.3 Å². The molecule has 1 aromatic heterocycles. The third kappa shape index (κ3) is 4.94. The van der Waals surface area contributed by atoms with Crippen LogP contribution in [-0.4, -0.2) is 29.0 Å². The number of rotatable bonds is 7. The van der Waals surface area contributed by atoms with Crippen molar-refractivity contribution >= 4 is 29.1 Å². The number of carbonyl (C=O) groups excluding carboxylic acids is 1. The molecule has 0 aliphatic rings. The van der Waals surface area contributed by atoms with Gasteiger partial charge < -0.3 is 15.4 Å². The Morgan fingerprint density at radius 1 is 1.00 bits per heavy atom. The molecule has 0 saturated heterocycles. The predicted molar refractivity (Wildman–Crippen MR) is 101 cm³/mol. The van der Waals surface area contributed by atoms with Crippen molar-refractivity contribution in [3.8, 4) is 5.75 Å². The van der Waals surface area contributed by atoms with E-state index in [0.717, 1.165) is 5.69 Å². The molecule has 0 bridgehead atoms. The Hall–Kier alpha value is -3.12. The molecule has 26 heavy (non-hydrogen) atoms. The molecule has 0 atom stereocenters. The van der Waals surface area contributed by atoms with Gasteiger partial charge in [-0.1, -0.05) is 41.9 Å². The predicted octanol–water partition coefficient (Wildman–Crippen LogP) is 3.68. The lowest BCUT2D eigenvalue weighted by Crippen LogP contribution is -2.28. The molecule has 0 unspecified atom stereocenters. The Labute approximate surface area is 156 Å². The lowest BCUT2D eigenvalue weighted by Gasteiger charge is -2.09. The highest BCUT2D eigenvalue weighted by atomic mass is 35.5. The molecule has 0 aliphatic carbocycles. The number of amides is 1. The number of anilines is 2. The molecule has 1 heterocycles. The number of carbonyl (C=O) groups is 1. The lowest BCUT2D eigenvalue weighted by molar-refractivity contribution is 0.0946. The summed E-state index contributed by atoms with van der Waals surface area (Å²) in [5, 5.41) is 6.35. The Balaban J connectivity index is 1.46. The quantitative estimate of drug-likeness (QED) is 0.622. The first-order valence-corrected chi connectivity index (χ1v) is 8.40. The van der Waals surface area contributed by atoms with E-state index in [2.05, 4.69) is 20.6 Å². The first kappa shape index (κ1) is 17.7. The molecule has 0 spiro atoms. The topological polar surface area (TPSA) is 76.1 Å². The maximum Gasteiger partial charge on any atom is 0.254 e. The molecule has 1 amide bonds. The van der Waals surface area contributed by atoms with E-state index in [-0.39, 0.29) is 5.91 Å². The van der Waals surface area contributed by atoms with Gasteiger partial charge in [-0.25, -0.2) is 9.97 Å². The van der Waals surface area contributed by atoms with Crippen LogP contribution in [0.4, 0.5) is 11.6 Å². The van der Waals surface area contributed by atoms with Crippen LogP contribution in [0.2, 0.25) is 5.02 Å². The molecular weight excluding hydrogens is 352 g/mol. The average molecular weight is 369 g/mol. The van der Waals surface area contributed by atoms with Gasteiger partial charge in [-0.2, -0.15) is 0 Å². The molecule has 132 valence electrons. The number of ether oxygens (including phenoxy) is 1. The second kappa shape index (κ2) is 8.82. The summed E-state index contributed by atoms with van der Waals surface area (Å²) in [6, 6.07) is 16.7. The Morgan fingerprint density at radius 2 is 1.69 bits per heavy atom. The third-order valence-corrected chi connectivity index (χ3v) is 3.74. The summed E-state index contributed by atoms with van der Waals surface area (Å²) in [6.07, 6.45) is 2.95. The van der Waals surface area contributed by atoms with Gasteiger partial charge in [0.1, 0.15) is 12.4 Å². The maximum atomic E-state index is 12.1. The second-order valence-corrected chi connectivity index (χ2v) is 5.73. The second-order valence-electron chi connectivity index (χ2n) is 5.32. The van der Waals surface area contributed by atoms with Crippen LogP contribution in [-0.2, 0) is 0 Å². The van der Waals surface area contributed by atoms with Crippen molar-refractivity contribution in [1.82, 2.24) is 15.3 Å². The number of nitrogens with one attached hydrogen (secondary N) is 2. The van der Waals surface area contributed by atoms with Crippen LogP contribution in [0.25, 0.3) is 0 Å². The molecule has 3 aromatic rings. The van der Waals surface area contributed by atoms with Gasteiger partial charge in [-0.05, 0) is 24.3 Å². The standard InChI is InChI=1S/C19H17ClN4O2/c20-16-8-4-5-9-17(16)26-11-10-21-18(25)14-12-22-19(23-13-14)24-15-6-2-1-3-7-15/h1-9,12-13H,10-11H2,(H,21,25)(H,22,23,24). The van der Waals surface area contributed by atoms with E-state index in [0.29, 0.717) is 35.4 Å². The Bertz CT molecular complexity index is 857. The van der Waals surface area contributed by atoms with Crippen molar-refractivity contribution in [2.75, 3.05) is 18.5 Å². The maximum absolute atomic E-state index is 12.1. The van der Waals surface area contributed by atoms with E-state index >= 15 is 0 Å². The van der Waals surface area contributed by atoms with Gasteiger partial charge >= 0.3 is 0 Å². The Kier molecular flexibility index (Phi) is 6.01. The van der Waals surface area contributed by atoms with Gasteiger partial charge in [0.05, 0.1) is 17.1 Å². The van der Waals surface area contributed by atoms with Gasteiger partial charge in [0, 0.05) is 18.1 Å². The van der Waals surface area contributed by atoms with Crippen LogP contribution in [0.1, 0.15) is 10.4 Å². The van der Waals surface area contributed by atoms with Gasteiger partial charge in [-0.3, -0.25) is 4.79 Å². The molecular formula is C19H17ClN4O2. The van der Waals surface area contributed by atoms with Crippen LogP contribution < -0.4 is 15.4 Å². The first-order valence-electron chi connectivity index (χ1n) is 8.02. The van der Waals surface area contributed by atoms with Crippen molar-refractivity contribution in [3.05, 3.63) is 77.6 Å². The molecule has 0 fully saturated rings. The monoisotopic (exact) mass is 368 g/mol. The summed E-state index contributed by atoms with van der Waals surface area (Å²) < 4.78 is 5.52. The molecule has 2 N–H and O–H groups in total. The van der Waals surface area contributed by atoms with Crippen molar-refractivity contribution in [2.45, 2.75) is 0 Å². The highest BCUT2D eigenvalue weighted by molar-refractivity contribution is 6.32. The summed E-state index contributed by atoms with van der Waals surface area (Å²) in [5.41, 5.74) is 1.25. The molecule has 7 heteroatoms. The lowest BCUT2D eigenvalue weighted by atomic mass is 10.3. The number of benzene rings is 2. The largest absolute Gasteiger partial charge is 0.490 e. The highest BCUT2D eigenvalue weighted by Gasteiger charge is 2.07. The fraction of sp³-hybridized carbons (Fsp3) is 0.105. The van der Waals surface area contributed by atoms with Crippen LogP contribution in [0.3, 0.4) is 0 Å². The van der Waals surface area contributed by atoms with Crippen molar-refractivity contribution in [3.63, 3.8) is 0 Å². The minimum Gasteiger partial charge on any atom is -0.490 e. The zero-order valence-corrected chi connectivity index (χ0v) is 14.6. The normalized spacial score (nSPS) is 10.2. The van der Waals surface area contributed by atoms with E-state index in [9.17, 15) is 4.79 Å². The van der Waals surface area contributed by atoms with Gasteiger partial charge in [0.2, 0.25) is 5.95 Å². The first-order chi connectivity index (χ1) is 12.7. The summed E-state index contributed by atoms with van der Waals surface area (Å²) in [7, 11) is 0. The zero-order chi connectivity index (χ0) is 18.2. The molecule has 0 radical (unpaired) electrons. The van der Waals surface area contributed by atoms with E-state index in [1.54, 1.807) is 12.1 Å². The van der Waals surface area contributed by atoms with Crippen LogP contribution in [0, 0.1) is 0 Å². The number of para-hydroxylation sites is 2. The number of halogens is 1. The highest BCUT2D eigenvalue weighted by Crippen LogP contribution is 2.22. The van der Waals surface area contributed by atoms with Crippen LogP contribution in [0.5, 0.6) is 5.75 Å². The van der Waals surface area contributed by atoms with E-state index in [1.807, 2.05) is 42.5 Å². The SMILES string of the molecule is O=C(NCCOc1ccccc1Cl)c1cnc(Nc2ccccc2)nc1. The summed E-state index contributed by atoms with van der Waals surface area (Å²) in [5.74, 6) is 0.747. The van der Waals surface area contributed by atoms with Gasteiger partial charge in [0.15, 0.2) is 0 Å². The molecule has 0 aliphatic heterocycles. The van der Waals surface area contributed by atoms with Gasteiger partial charge in [-0.15, -0.1) is 0 Å². The van der Waals surface area contributed by atoms with E-state index < -0.39 is 0 Å². The number of hydrogen-bond acceptors (Lipinski definition) is 5. The smallest absolute Gasteiger partial charge is 0.254 e. The zero-order valence-electron chi connectivity index (χ0n) is 13.9. The Morgan fingerprint density at radius 3 is 2.42 bits per heavy atom. The molecule has 0 saturated carbocycles. The molecule has 2 aromatic carbocycles. The minimum atomic E-state index is -0.265. The summed E-state index contributed by atoms with van der Waals surface area (Å²) in [6.45, 7) is 0.651. The van der Waals surface area contributed by atoms with Crippen molar-refractivity contribution in [1.29, 1.82) is 0 Å². The number of aromatic nitrogens is 2. The fourth-order valence-electron chi connectivity index (χ4n) is 2.15.